The minimum absolute atomic E-state index is 0.189. The van der Waals surface area contributed by atoms with Gasteiger partial charge < -0.3 is 0 Å². The van der Waals surface area contributed by atoms with Gasteiger partial charge in [-0.15, -0.1) is 11.3 Å². The molecule has 4 aliphatic rings. The molecule has 61 heavy (non-hydrogen) atoms. The van der Waals surface area contributed by atoms with Crippen LogP contribution in [-0.4, -0.2) is 12.6 Å². The van der Waals surface area contributed by atoms with Crippen molar-refractivity contribution in [3.63, 3.8) is 0 Å². The molecule has 5 heteroatoms. The van der Waals surface area contributed by atoms with Crippen molar-refractivity contribution in [2.24, 2.45) is 11.8 Å². The predicted molar refractivity (Wildman–Crippen MR) is 261 cm³/mol. The third-order valence-electron chi connectivity index (χ3n) is 15.5. The minimum Gasteiger partial charge on any atom is -0.191 e. The van der Waals surface area contributed by atoms with Crippen LogP contribution in [-0.2, 0) is 19.3 Å². The molecule has 306 valence electrons. The number of fused-ring (bicyclic) bond motifs is 21. The Balaban J connectivity index is 1.25. The number of imidazole rings is 1. The summed E-state index contributed by atoms with van der Waals surface area (Å²) in [5.74, 6) is 1.42. The number of hydrogen-bond donors (Lipinski definition) is 0. The van der Waals surface area contributed by atoms with E-state index in [2.05, 4.69) is 152 Å². The second kappa shape index (κ2) is 13.8. The summed E-state index contributed by atoms with van der Waals surface area (Å²) < 4.78 is 11.1. The van der Waals surface area contributed by atoms with Gasteiger partial charge in [-0.1, -0.05) is 121 Å². The number of hydrogen-bond acceptors (Lipinski definition) is 1. The number of aromatic nitrogens is 3. The molecule has 8 aromatic rings. The molecule has 0 amide bonds. The molecule has 2 atom stereocenters. The number of para-hydroxylation sites is 2. The first-order valence-corrected chi connectivity index (χ1v) is 27.8. The molecule has 0 bridgehead atoms. The van der Waals surface area contributed by atoms with Crippen LogP contribution in [0.1, 0.15) is 111 Å². The Bertz CT molecular complexity index is 3220. The van der Waals surface area contributed by atoms with Crippen LogP contribution in [0.3, 0.4) is 0 Å². The molecule has 3 aliphatic carbocycles. The molecule has 0 saturated heterocycles. The third kappa shape index (κ3) is 5.38. The molecule has 1 fully saturated rings. The highest BCUT2D eigenvalue weighted by atomic mass is 32.1. The zero-order valence-electron chi connectivity index (χ0n) is 37.0. The quantitative estimate of drug-likeness (QED) is 0.0862. The smallest absolute Gasteiger partial charge is 0.191 e. The molecule has 5 heterocycles. The fraction of sp³-hybridized carbons (Fsp3) is 0.357. The number of pyridine rings is 2. The number of allylic oxidation sites excluding steroid dienone is 3. The molecule has 0 radical (unpaired) electrons. The Kier molecular flexibility index (Phi) is 8.59. The minimum atomic E-state index is -1.71. The highest BCUT2D eigenvalue weighted by Gasteiger charge is 2.57. The van der Waals surface area contributed by atoms with Crippen LogP contribution >= 0.6 is 11.3 Å². The van der Waals surface area contributed by atoms with Gasteiger partial charge in [-0.2, -0.15) is 13.5 Å². The Hall–Kier alpha value is -4.84. The van der Waals surface area contributed by atoms with E-state index in [0.717, 1.165) is 12.3 Å². The van der Waals surface area contributed by atoms with Crippen molar-refractivity contribution in [2.45, 2.75) is 117 Å². The van der Waals surface area contributed by atoms with Crippen molar-refractivity contribution in [3.05, 3.63) is 137 Å². The molecule has 1 saturated carbocycles. The highest BCUT2D eigenvalue weighted by molar-refractivity contribution is 7.26. The van der Waals surface area contributed by atoms with Crippen LogP contribution in [0.4, 0.5) is 0 Å². The monoisotopic (exact) mass is 833 g/mol. The van der Waals surface area contributed by atoms with E-state index in [-0.39, 0.29) is 12.0 Å². The van der Waals surface area contributed by atoms with Gasteiger partial charge in [-0.3, -0.25) is 0 Å². The molecule has 2 unspecified atom stereocenters. The van der Waals surface area contributed by atoms with E-state index < -0.39 is 8.07 Å². The normalized spacial score (nSPS) is 19.0. The fourth-order valence-corrected chi connectivity index (χ4v) is 15.7. The maximum absolute atomic E-state index is 4.43. The highest BCUT2D eigenvalue weighted by Crippen LogP contribution is 2.57. The zero-order valence-corrected chi connectivity index (χ0v) is 38.8. The van der Waals surface area contributed by atoms with Crippen molar-refractivity contribution < 1.29 is 8.97 Å². The van der Waals surface area contributed by atoms with Gasteiger partial charge in [0.1, 0.15) is 5.70 Å². The second-order valence-corrected chi connectivity index (χ2v) is 26.4. The summed E-state index contributed by atoms with van der Waals surface area (Å²) in [5, 5.41) is 7.32. The van der Waals surface area contributed by atoms with Gasteiger partial charge in [-0.05, 0) is 107 Å². The Morgan fingerprint density at radius 2 is 1.62 bits per heavy atom. The largest absolute Gasteiger partial charge is 0.302 e. The summed E-state index contributed by atoms with van der Waals surface area (Å²) in [6, 6.07) is 31.8. The summed E-state index contributed by atoms with van der Waals surface area (Å²) in [6.07, 6.45) is 17.5. The summed E-state index contributed by atoms with van der Waals surface area (Å²) >= 11 is 2.03. The van der Waals surface area contributed by atoms with Crippen molar-refractivity contribution >= 4 is 77.9 Å². The molecule has 1 aliphatic heterocycles. The van der Waals surface area contributed by atoms with E-state index >= 15 is 0 Å². The lowest BCUT2D eigenvalue weighted by atomic mass is 9.66. The maximum atomic E-state index is 4.43. The topological polar surface area (TPSA) is 12.9 Å². The average Bonchev–Trinajstić information content (AvgIpc) is 3.98. The lowest BCUT2D eigenvalue weighted by Gasteiger charge is -2.39. The standard InChI is InChI=1S/C56H59N3SSi/c1-8-38(33(3)4)44(9-2)58-45-24-16-17-25-46(45)59-54-51(42-27-26-41-43-29-35-20-12-13-21-36(35)31-48(43)60-55(41)52(42)56(58)59)50-40-23-15-14-22-39(40)47-30-37(28-34-18-10-11-19-34)49(61(5,6)7)32-57(47)53(50)54/h8,14-17,22-27,29-34,50,53H,1,9-13,18-21,28H2,2-7H3/q+2/b44-38-. The van der Waals surface area contributed by atoms with Crippen LogP contribution < -0.4 is 14.2 Å². The summed E-state index contributed by atoms with van der Waals surface area (Å²) in [5.41, 5.74) is 18.6. The SMILES string of the molecule is C=C/C(=C(\CC)n1c2ccccc2[n+]2c3c(c4ccc5c6cc7c(cc6sc5c4c12)CCCC7)C1c2ccccc2-c2cc(CC4CCCC4)c([Si](C)(C)C)c[n+]2C31)C(C)C. The van der Waals surface area contributed by atoms with Gasteiger partial charge >= 0.3 is 5.65 Å². The lowest BCUT2D eigenvalue weighted by Crippen LogP contribution is -2.60. The first-order valence-electron chi connectivity index (χ1n) is 23.5. The number of rotatable bonds is 7. The molecule has 12 rings (SSSR count). The van der Waals surface area contributed by atoms with Crippen molar-refractivity contribution in [2.75, 3.05) is 0 Å². The Morgan fingerprint density at radius 3 is 2.38 bits per heavy atom. The summed E-state index contributed by atoms with van der Waals surface area (Å²) in [6.45, 7) is 19.2. The van der Waals surface area contributed by atoms with Crippen molar-refractivity contribution in [1.29, 1.82) is 0 Å². The summed E-state index contributed by atoms with van der Waals surface area (Å²) in [7, 11) is -1.71. The number of benzene rings is 4. The molecule has 0 spiro atoms. The van der Waals surface area contributed by atoms with Crippen LogP contribution in [0.2, 0.25) is 19.6 Å². The Labute approximate surface area is 366 Å². The molecule has 3 nitrogen and oxygen atoms in total. The van der Waals surface area contributed by atoms with Gasteiger partial charge in [0.2, 0.25) is 11.7 Å². The predicted octanol–water partition coefficient (Wildman–Crippen LogP) is 13.5. The molecular formula is C56H59N3SSi+2. The van der Waals surface area contributed by atoms with E-state index in [1.165, 1.54) is 145 Å². The average molecular weight is 834 g/mol. The van der Waals surface area contributed by atoms with Crippen LogP contribution in [0.5, 0.6) is 0 Å². The van der Waals surface area contributed by atoms with E-state index in [1.807, 2.05) is 11.3 Å². The van der Waals surface area contributed by atoms with Gasteiger partial charge in [0.25, 0.3) is 0 Å². The molecular weight excluding hydrogens is 775 g/mol. The molecule has 4 aromatic heterocycles. The maximum Gasteiger partial charge on any atom is 0.302 e. The summed E-state index contributed by atoms with van der Waals surface area (Å²) in [4.78, 5) is 0. The fourth-order valence-electron chi connectivity index (χ4n) is 12.7. The van der Waals surface area contributed by atoms with E-state index in [9.17, 15) is 0 Å². The first kappa shape index (κ1) is 37.9. The van der Waals surface area contributed by atoms with Crippen molar-refractivity contribution in [1.82, 2.24) is 4.57 Å². The van der Waals surface area contributed by atoms with Crippen LogP contribution in [0.25, 0.3) is 64.6 Å². The van der Waals surface area contributed by atoms with E-state index in [0.29, 0.717) is 5.92 Å². The first-order chi connectivity index (χ1) is 29.7. The number of thiophene rings is 1. The second-order valence-electron chi connectivity index (χ2n) is 20.3. The lowest BCUT2D eigenvalue weighted by molar-refractivity contribution is -0.729. The Morgan fingerprint density at radius 1 is 0.885 bits per heavy atom. The van der Waals surface area contributed by atoms with Gasteiger partial charge in [0, 0.05) is 38.7 Å². The van der Waals surface area contributed by atoms with Crippen molar-refractivity contribution in [3.8, 4) is 11.3 Å². The third-order valence-corrected chi connectivity index (χ3v) is 18.7. The van der Waals surface area contributed by atoms with Crippen LogP contribution in [0, 0.1) is 11.8 Å². The number of aryl methyl sites for hydroxylation is 2. The molecule has 0 N–H and O–H groups in total. The zero-order chi connectivity index (χ0) is 41.5. The van der Waals surface area contributed by atoms with Gasteiger partial charge in [0.05, 0.1) is 29.6 Å². The van der Waals surface area contributed by atoms with Gasteiger partial charge in [-0.25, -0.2) is 0 Å². The van der Waals surface area contributed by atoms with Crippen LogP contribution in [0.15, 0.2) is 103 Å². The van der Waals surface area contributed by atoms with Gasteiger partial charge in [0.15, 0.2) is 22.9 Å². The number of nitrogens with zero attached hydrogens (tertiary/aromatic N) is 3. The molecule has 4 aromatic carbocycles. The van der Waals surface area contributed by atoms with E-state index in [4.69, 9.17) is 0 Å². The van der Waals surface area contributed by atoms with E-state index in [1.54, 1.807) is 21.9 Å².